The van der Waals surface area contributed by atoms with Crippen LogP contribution in [0.1, 0.15) is 0 Å². The largest absolute Gasteiger partial charge is 0.364 e. The fourth-order valence-electron chi connectivity index (χ4n) is 4.99. The molecule has 0 aliphatic rings. The van der Waals surface area contributed by atoms with Crippen LogP contribution in [0.4, 0.5) is 0 Å². The van der Waals surface area contributed by atoms with E-state index in [1.165, 1.54) is 54.7 Å². The number of terminal acetylenes is 1. The molecule has 0 saturated carbocycles. The summed E-state index contributed by atoms with van der Waals surface area (Å²) in [5, 5.41) is 4.95. The minimum Gasteiger partial charge on any atom is -0.364 e. The predicted octanol–water partition coefficient (Wildman–Crippen LogP) is 6.81. The van der Waals surface area contributed by atoms with E-state index in [2.05, 4.69) is 100.0 Å². The molecule has 2 heterocycles. The molecule has 0 atom stereocenters. The highest BCUT2D eigenvalue weighted by atomic mass is 16.5. The van der Waals surface area contributed by atoms with E-state index in [1.54, 1.807) is 7.11 Å². The second kappa shape index (κ2) is 7.30. The van der Waals surface area contributed by atoms with Gasteiger partial charge in [-0.1, -0.05) is 66.6 Å². The molecule has 32 heavy (non-hydrogen) atoms. The normalized spacial score (nSPS) is 11.6. The molecule has 0 saturated heterocycles. The monoisotopic (exact) mass is 414 g/mol. The summed E-state index contributed by atoms with van der Waals surface area (Å²) in [6.07, 6.45) is 5.71. The van der Waals surface area contributed by atoms with Crippen LogP contribution >= 0.6 is 0 Å². The molecule has 0 bridgehead atoms. The molecule has 0 spiro atoms. The molecule has 0 unspecified atom stereocenters. The first-order chi connectivity index (χ1) is 15.8. The van der Waals surface area contributed by atoms with Gasteiger partial charge in [-0.3, -0.25) is 0 Å². The first-order valence-corrected chi connectivity index (χ1v) is 10.7. The van der Waals surface area contributed by atoms with E-state index in [-0.39, 0.29) is 0 Å². The Bertz CT molecular complexity index is 1680. The van der Waals surface area contributed by atoms with Gasteiger partial charge in [0.15, 0.2) is 0 Å². The van der Waals surface area contributed by atoms with E-state index in [1.807, 2.05) is 0 Å². The standard InChI is InChI=1S/C29H22N2O/c1-3-16-30-26-10-6-4-8-22(26)24-14-12-20(17-28(24)30)21-13-15-25-23-9-5-7-11-27(23)31(19-32-2)29(25)18-21/h1,4-15,17-18H,16,19H2,2H3. The Morgan fingerprint density at radius 2 is 1.16 bits per heavy atom. The number of nitrogens with zero attached hydrogens (tertiary/aromatic N) is 2. The lowest BCUT2D eigenvalue weighted by Gasteiger charge is -2.08. The van der Waals surface area contributed by atoms with Gasteiger partial charge in [0, 0.05) is 34.2 Å². The lowest BCUT2D eigenvalue weighted by molar-refractivity contribution is 0.138. The van der Waals surface area contributed by atoms with Gasteiger partial charge in [-0.25, -0.2) is 0 Å². The fourth-order valence-corrected chi connectivity index (χ4v) is 4.99. The van der Waals surface area contributed by atoms with Gasteiger partial charge in [0.1, 0.15) is 6.73 Å². The summed E-state index contributed by atoms with van der Waals surface area (Å²) < 4.78 is 9.99. The number of rotatable bonds is 4. The van der Waals surface area contributed by atoms with E-state index >= 15 is 0 Å². The van der Waals surface area contributed by atoms with Gasteiger partial charge in [0.2, 0.25) is 0 Å². The van der Waals surface area contributed by atoms with Gasteiger partial charge < -0.3 is 13.9 Å². The first-order valence-electron chi connectivity index (χ1n) is 10.7. The third kappa shape index (κ3) is 2.67. The predicted molar refractivity (Wildman–Crippen MR) is 134 cm³/mol. The number of benzene rings is 4. The van der Waals surface area contributed by atoms with Crippen molar-refractivity contribution in [2.45, 2.75) is 13.3 Å². The van der Waals surface area contributed by atoms with Crippen molar-refractivity contribution in [2.24, 2.45) is 0 Å². The zero-order chi connectivity index (χ0) is 21.7. The maximum absolute atomic E-state index is 5.71. The van der Waals surface area contributed by atoms with Crippen molar-refractivity contribution in [2.75, 3.05) is 7.11 Å². The molecule has 0 N–H and O–H groups in total. The maximum atomic E-state index is 5.71. The summed E-state index contributed by atoms with van der Waals surface area (Å²) in [6.45, 7) is 1.07. The highest BCUT2D eigenvalue weighted by Crippen LogP contribution is 2.35. The second-order valence-electron chi connectivity index (χ2n) is 8.13. The van der Waals surface area contributed by atoms with Crippen molar-refractivity contribution < 1.29 is 4.74 Å². The van der Waals surface area contributed by atoms with Crippen molar-refractivity contribution in [3.05, 3.63) is 84.9 Å². The molecule has 3 heteroatoms. The van der Waals surface area contributed by atoms with Gasteiger partial charge in [-0.2, -0.15) is 0 Å². The SMILES string of the molecule is C#CCn1c2ccccc2c2ccc(-c3ccc4c5ccccc5n(COC)c4c3)cc21. The van der Waals surface area contributed by atoms with Gasteiger partial charge >= 0.3 is 0 Å². The van der Waals surface area contributed by atoms with Crippen LogP contribution in [0.3, 0.4) is 0 Å². The van der Waals surface area contributed by atoms with Crippen molar-refractivity contribution in [3.8, 4) is 23.5 Å². The first kappa shape index (κ1) is 18.7. The molecular formula is C29H22N2O. The van der Waals surface area contributed by atoms with Crippen molar-refractivity contribution in [1.82, 2.24) is 9.13 Å². The van der Waals surface area contributed by atoms with E-state index < -0.39 is 0 Å². The summed E-state index contributed by atoms with van der Waals surface area (Å²) in [4.78, 5) is 0. The number of methoxy groups -OCH3 is 1. The van der Waals surface area contributed by atoms with Gasteiger partial charge in [-0.15, -0.1) is 6.42 Å². The molecule has 2 aromatic heterocycles. The Balaban J connectivity index is 1.60. The highest BCUT2D eigenvalue weighted by molar-refractivity contribution is 6.11. The summed E-state index contributed by atoms with van der Waals surface area (Å²) in [5.41, 5.74) is 7.06. The lowest BCUT2D eigenvalue weighted by atomic mass is 10.0. The summed E-state index contributed by atoms with van der Waals surface area (Å²) in [7, 11) is 1.74. The Hall–Kier alpha value is -4.00. The van der Waals surface area contributed by atoms with Crippen LogP contribution < -0.4 is 0 Å². The van der Waals surface area contributed by atoms with Crippen LogP contribution in [-0.4, -0.2) is 16.2 Å². The smallest absolute Gasteiger partial charge is 0.123 e. The molecule has 0 aliphatic carbocycles. The maximum Gasteiger partial charge on any atom is 0.123 e. The molecule has 0 radical (unpaired) electrons. The van der Waals surface area contributed by atoms with Crippen molar-refractivity contribution in [1.29, 1.82) is 0 Å². The summed E-state index contributed by atoms with van der Waals surface area (Å²) in [5.74, 6) is 2.82. The molecule has 0 aliphatic heterocycles. The number of hydrogen-bond donors (Lipinski definition) is 0. The van der Waals surface area contributed by atoms with E-state index in [0.29, 0.717) is 13.3 Å². The van der Waals surface area contributed by atoms with Crippen LogP contribution in [0.15, 0.2) is 84.9 Å². The van der Waals surface area contributed by atoms with Crippen LogP contribution in [0.2, 0.25) is 0 Å². The van der Waals surface area contributed by atoms with E-state index in [0.717, 1.165) is 0 Å². The molecular weight excluding hydrogens is 392 g/mol. The quantitative estimate of drug-likeness (QED) is 0.290. The van der Waals surface area contributed by atoms with Gasteiger partial charge in [-0.05, 0) is 35.4 Å². The summed E-state index contributed by atoms with van der Waals surface area (Å²) in [6, 6.07) is 30.3. The zero-order valence-corrected chi connectivity index (χ0v) is 17.9. The van der Waals surface area contributed by atoms with Crippen LogP contribution in [0, 0.1) is 12.3 Å². The number of aromatic nitrogens is 2. The number of fused-ring (bicyclic) bond motifs is 6. The molecule has 154 valence electrons. The molecule has 0 fully saturated rings. The average molecular weight is 415 g/mol. The lowest BCUT2D eigenvalue weighted by Crippen LogP contribution is -1.99. The number of hydrogen-bond acceptors (Lipinski definition) is 1. The van der Waals surface area contributed by atoms with Crippen LogP contribution in [0.5, 0.6) is 0 Å². The Labute approximate surface area is 186 Å². The minimum atomic E-state index is 0.517. The topological polar surface area (TPSA) is 19.1 Å². The Morgan fingerprint density at radius 1 is 0.656 bits per heavy atom. The molecule has 3 nitrogen and oxygen atoms in total. The molecule has 0 amide bonds. The van der Waals surface area contributed by atoms with Crippen LogP contribution in [0.25, 0.3) is 54.7 Å². The fraction of sp³-hybridized carbons (Fsp3) is 0.103. The van der Waals surface area contributed by atoms with E-state index in [9.17, 15) is 0 Å². The van der Waals surface area contributed by atoms with Crippen molar-refractivity contribution in [3.63, 3.8) is 0 Å². The van der Waals surface area contributed by atoms with Crippen LogP contribution in [-0.2, 0) is 18.0 Å². The molecule has 4 aromatic carbocycles. The van der Waals surface area contributed by atoms with Crippen molar-refractivity contribution >= 4 is 43.6 Å². The number of para-hydroxylation sites is 2. The third-order valence-electron chi connectivity index (χ3n) is 6.39. The zero-order valence-electron chi connectivity index (χ0n) is 17.9. The average Bonchev–Trinajstić information content (AvgIpc) is 3.32. The Kier molecular flexibility index (Phi) is 4.28. The van der Waals surface area contributed by atoms with Gasteiger partial charge in [0.25, 0.3) is 0 Å². The third-order valence-corrected chi connectivity index (χ3v) is 6.39. The molecule has 6 aromatic rings. The number of ether oxygens (including phenoxy) is 1. The van der Waals surface area contributed by atoms with Gasteiger partial charge in [0.05, 0.1) is 23.1 Å². The van der Waals surface area contributed by atoms with E-state index in [4.69, 9.17) is 11.2 Å². The minimum absolute atomic E-state index is 0.517. The summed E-state index contributed by atoms with van der Waals surface area (Å²) >= 11 is 0. The Morgan fingerprint density at radius 3 is 1.72 bits per heavy atom. The molecule has 6 rings (SSSR count). The highest BCUT2D eigenvalue weighted by Gasteiger charge is 2.14. The second-order valence-corrected chi connectivity index (χ2v) is 8.13.